The van der Waals surface area contributed by atoms with E-state index in [4.69, 9.17) is 16.5 Å². The summed E-state index contributed by atoms with van der Waals surface area (Å²) in [7, 11) is 2.26. The third kappa shape index (κ3) is 9.12. The average Bonchev–Trinajstić information content (AvgIpc) is 3.68. The summed E-state index contributed by atoms with van der Waals surface area (Å²) in [5.41, 5.74) is 16.6. The number of methoxy groups -OCH3 is 2. The van der Waals surface area contributed by atoms with Gasteiger partial charge in [0, 0.05) is 24.4 Å². The number of piperidine rings is 1. The van der Waals surface area contributed by atoms with Crippen molar-refractivity contribution in [2.45, 2.75) is 37.8 Å². The summed E-state index contributed by atoms with van der Waals surface area (Å²) in [6, 6.07) is 8.35. The van der Waals surface area contributed by atoms with E-state index in [9.17, 15) is 19.2 Å². The van der Waals surface area contributed by atoms with Crippen molar-refractivity contribution < 1.29 is 65.8 Å². The maximum Gasteiger partial charge on any atom is 2.00 e. The quantitative estimate of drug-likeness (QED) is 0.306. The molecule has 1 aliphatic carbocycles. The van der Waals surface area contributed by atoms with Crippen LogP contribution in [-0.2, 0) is 62.6 Å². The number of carbonyl (C=O) groups excluding carboxylic acids is 4. The van der Waals surface area contributed by atoms with Crippen molar-refractivity contribution in [2.75, 3.05) is 14.2 Å². The van der Waals surface area contributed by atoms with Gasteiger partial charge in [-0.2, -0.15) is 15.0 Å². The predicted octanol–water partition coefficient (Wildman–Crippen LogP) is 3.45. The Bertz CT molecular complexity index is 1240. The molecular weight excluding hydrogens is 603 g/mol. The molecule has 1 saturated heterocycles. The van der Waals surface area contributed by atoms with Crippen LogP contribution in [0.2, 0.25) is 0 Å². The van der Waals surface area contributed by atoms with Crippen LogP contribution in [0.15, 0.2) is 24.4 Å². The molecular formula is C23H26N7O6PV2. The molecule has 2 radical (unpaired) electrons. The standard InChI is InChI=1S/C19H18N5O2P.2C2H5NO2.2V/c25-9-24-14-3-2-12(7-14)17(24)18-22-15-4-1-11(6-16(15)23-18)5-13-8-20-19(21-13)27-10-26;2*1-5-2(3)4;;/h1,4,6,8,12,14,17,27H,2-3,5,7H2,(H,20,21)(H,22,23);2*1H3,(H2,3,4);;/q-2;;;2*+2/p-2/t12-,14+,17-;;;;/m0..../s1. The Hall–Kier alpha value is -2.82. The fraction of sp³-hybridized carbons (Fsp3) is 0.391. The van der Waals surface area contributed by atoms with Gasteiger partial charge in [-0.3, -0.25) is 9.59 Å². The minimum absolute atomic E-state index is 0. The number of aromatic nitrogens is 4. The van der Waals surface area contributed by atoms with Crippen LogP contribution < -0.4 is 5.57 Å². The van der Waals surface area contributed by atoms with Crippen LogP contribution >= 0.6 is 8.58 Å². The molecule has 4 N–H and O–H groups in total. The second-order valence-corrected chi connectivity index (χ2v) is 9.22. The van der Waals surface area contributed by atoms with Crippen molar-refractivity contribution in [1.29, 1.82) is 0 Å². The van der Waals surface area contributed by atoms with Crippen molar-refractivity contribution in [1.82, 2.24) is 24.8 Å². The normalized spacial score (nSPS) is 18.6. The Morgan fingerprint density at radius 3 is 2.38 bits per heavy atom. The molecule has 2 bridgehead atoms. The maximum atomic E-state index is 11.4. The Labute approximate surface area is 250 Å². The number of carbonyl (C=O) groups is 2. The van der Waals surface area contributed by atoms with Crippen LogP contribution in [0.3, 0.4) is 0 Å². The Morgan fingerprint density at radius 1 is 1.13 bits per heavy atom. The second-order valence-electron chi connectivity index (χ2n) is 8.29. The van der Waals surface area contributed by atoms with Crippen molar-refractivity contribution >= 4 is 49.8 Å². The van der Waals surface area contributed by atoms with Gasteiger partial charge in [0.25, 0.3) is 0 Å². The second kappa shape index (κ2) is 16.3. The van der Waals surface area contributed by atoms with E-state index in [2.05, 4.69) is 36.9 Å². The minimum Gasteiger partial charge on any atom is -0.632 e. The molecule has 0 spiro atoms. The molecule has 3 amide bonds. The Balaban J connectivity index is 0.000000550. The summed E-state index contributed by atoms with van der Waals surface area (Å²) < 4.78 is 7.56. The third-order valence-electron chi connectivity index (χ3n) is 6.10. The SMILES string of the molecule is COC([NH-])=O.COC([NH-])=O.O=[C-]Pc1ncc(Cc2ccc3nc([C@@H]4[C@H]5CC[C@H](C5)N4[C-]=O)[nH]c3c2)[nH]1.[V+2].[V+2]. The molecule has 5 rings (SSSR count). The van der Waals surface area contributed by atoms with Gasteiger partial charge in [-0.25, -0.2) is 16.0 Å². The van der Waals surface area contributed by atoms with E-state index < -0.39 is 12.2 Å². The molecule has 2 fully saturated rings. The molecule has 2 aliphatic rings. The van der Waals surface area contributed by atoms with E-state index in [-0.39, 0.29) is 51.7 Å². The number of aromatic amines is 2. The van der Waals surface area contributed by atoms with Crippen LogP contribution in [0.1, 0.15) is 42.4 Å². The summed E-state index contributed by atoms with van der Waals surface area (Å²) in [5.74, 6) is 1.35. The van der Waals surface area contributed by atoms with Gasteiger partial charge in [-0.1, -0.05) is 6.07 Å². The number of imidazole rings is 2. The first kappa shape index (κ1) is 34.2. The summed E-state index contributed by atoms with van der Waals surface area (Å²) >= 11 is 0. The largest absolute Gasteiger partial charge is 2.00 e. The first-order valence-electron chi connectivity index (χ1n) is 11.2. The van der Waals surface area contributed by atoms with E-state index in [1.165, 1.54) is 0 Å². The van der Waals surface area contributed by atoms with Crippen LogP contribution in [0.4, 0.5) is 9.59 Å². The predicted molar refractivity (Wildman–Crippen MR) is 136 cm³/mol. The molecule has 4 atom stereocenters. The van der Waals surface area contributed by atoms with E-state index in [0.29, 0.717) is 23.9 Å². The van der Waals surface area contributed by atoms with Gasteiger partial charge in [0.15, 0.2) is 0 Å². The van der Waals surface area contributed by atoms with Gasteiger partial charge in [0.2, 0.25) is 12.2 Å². The van der Waals surface area contributed by atoms with Gasteiger partial charge in [0.1, 0.15) is 5.82 Å². The van der Waals surface area contributed by atoms with Gasteiger partial charge in [-0.05, 0) is 42.9 Å². The van der Waals surface area contributed by atoms with Gasteiger partial charge < -0.3 is 45.4 Å². The molecule has 1 unspecified atom stereocenters. The first-order valence-corrected chi connectivity index (χ1v) is 12.2. The zero-order valence-electron chi connectivity index (χ0n) is 21.1. The zero-order valence-corrected chi connectivity index (χ0v) is 24.8. The number of amides is 3. The Kier molecular flexibility index (Phi) is 14.3. The molecule has 1 saturated carbocycles. The fourth-order valence-corrected chi connectivity index (χ4v) is 5.03. The topological polar surface area (TPSA) is 195 Å². The van der Waals surface area contributed by atoms with Gasteiger partial charge in [0.05, 0.1) is 36.9 Å². The number of H-pyrrole nitrogens is 2. The monoisotopic (exact) mass is 629 g/mol. The summed E-state index contributed by atoms with van der Waals surface area (Å²) in [6.07, 6.45) is 5.88. The molecule has 3 heterocycles. The summed E-state index contributed by atoms with van der Waals surface area (Å²) in [6.45, 7) is 0. The minimum atomic E-state index is -0.995. The van der Waals surface area contributed by atoms with Crippen LogP contribution in [0.25, 0.3) is 22.5 Å². The molecule has 204 valence electrons. The summed E-state index contributed by atoms with van der Waals surface area (Å²) in [4.78, 5) is 57.8. The zero-order chi connectivity index (χ0) is 26.9. The molecule has 16 heteroatoms. The number of fused-ring (bicyclic) bond motifs is 3. The number of rotatable bonds is 6. The maximum absolute atomic E-state index is 11.4. The fourth-order valence-electron chi connectivity index (χ4n) is 4.58. The van der Waals surface area contributed by atoms with E-state index >= 15 is 0 Å². The Morgan fingerprint density at radius 2 is 1.79 bits per heavy atom. The van der Waals surface area contributed by atoms with E-state index in [1.807, 2.05) is 23.1 Å². The van der Waals surface area contributed by atoms with Crippen molar-refractivity contribution in [3.05, 3.63) is 52.9 Å². The first-order chi connectivity index (χ1) is 17.8. The number of likely N-dealkylation sites (tertiary alicyclic amines) is 1. The van der Waals surface area contributed by atoms with Crippen LogP contribution in [-0.4, -0.2) is 69.7 Å². The van der Waals surface area contributed by atoms with Crippen LogP contribution in [0, 0.1) is 5.92 Å². The molecule has 1 aromatic carbocycles. The van der Waals surface area contributed by atoms with Gasteiger partial charge >= 0.3 is 37.1 Å². The van der Waals surface area contributed by atoms with Crippen molar-refractivity contribution in [3.63, 3.8) is 0 Å². The number of nitrogens with zero attached hydrogens (tertiary/aromatic N) is 3. The summed E-state index contributed by atoms with van der Waals surface area (Å²) in [5, 5.41) is 0. The van der Waals surface area contributed by atoms with Crippen molar-refractivity contribution in [2.24, 2.45) is 5.92 Å². The molecule has 13 nitrogen and oxygen atoms in total. The number of hydrogen-bond donors (Lipinski definition) is 2. The number of hydrogen-bond acceptors (Lipinski definition) is 8. The molecule has 1 aliphatic heterocycles. The van der Waals surface area contributed by atoms with Crippen LogP contribution in [0.5, 0.6) is 0 Å². The van der Waals surface area contributed by atoms with E-state index in [0.717, 1.165) is 61.6 Å². The van der Waals surface area contributed by atoms with Crippen molar-refractivity contribution in [3.8, 4) is 0 Å². The van der Waals surface area contributed by atoms with Gasteiger partial charge in [-0.15, -0.1) is 0 Å². The number of nitrogens with one attached hydrogen (secondary N) is 4. The number of ether oxygens (including phenoxy) is 2. The molecule has 39 heavy (non-hydrogen) atoms. The molecule has 3 aromatic rings. The van der Waals surface area contributed by atoms with E-state index in [1.54, 1.807) is 6.20 Å². The number of benzene rings is 1. The third-order valence-corrected chi connectivity index (χ3v) is 6.69. The molecule has 2 aromatic heterocycles. The average molecular weight is 629 g/mol. The smallest absolute Gasteiger partial charge is 0.632 e.